The molecule has 1 aromatic rings. The van der Waals surface area contributed by atoms with Crippen molar-refractivity contribution in [1.29, 1.82) is 0 Å². The Morgan fingerprint density at radius 3 is 2.72 bits per heavy atom. The van der Waals surface area contributed by atoms with Crippen LogP contribution in [0.1, 0.15) is 12.5 Å². The Hall–Kier alpha value is -0.820. The topological polar surface area (TPSA) is 81.4 Å². The Morgan fingerprint density at radius 1 is 1.50 bits per heavy atom. The highest BCUT2D eigenvalue weighted by molar-refractivity contribution is 7.89. The second kappa shape index (κ2) is 6.38. The summed E-state index contributed by atoms with van der Waals surface area (Å²) in [6.45, 7) is 1.83. The molecule has 5 nitrogen and oxygen atoms in total. The van der Waals surface area contributed by atoms with E-state index in [-0.39, 0.29) is 18.4 Å². The highest BCUT2D eigenvalue weighted by Crippen LogP contribution is 2.19. The van der Waals surface area contributed by atoms with Gasteiger partial charge in [-0.2, -0.15) is 0 Å². The molecule has 0 spiro atoms. The Labute approximate surface area is 112 Å². The van der Waals surface area contributed by atoms with Crippen LogP contribution in [-0.2, 0) is 21.3 Å². The molecule has 0 saturated heterocycles. The van der Waals surface area contributed by atoms with Crippen molar-refractivity contribution in [2.45, 2.75) is 19.6 Å². The number of benzene rings is 1. The number of methoxy groups -OCH3 is 1. The van der Waals surface area contributed by atoms with E-state index in [0.29, 0.717) is 16.3 Å². The lowest BCUT2D eigenvalue weighted by Gasteiger charge is -2.12. The van der Waals surface area contributed by atoms with Crippen LogP contribution in [0.3, 0.4) is 0 Å². The molecule has 0 aliphatic carbocycles. The number of ether oxygens (including phenoxy) is 1. The lowest BCUT2D eigenvalue weighted by atomic mass is 10.2. The predicted molar refractivity (Wildman–Crippen MR) is 73.0 cm³/mol. The third-order valence-corrected chi connectivity index (χ3v) is 4.26. The number of hydrogen-bond acceptors (Lipinski definition) is 4. The molecule has 0 saturated carbocycles. The van der Waals surface area contributed by atoms with Gasteiger partial charge in [0.05, 0.1) is 11.9 Å². The summed E-state index contributed by atoms with van der Waals surface area (Å²) >= 11 is 5.95. The van der Waals surface area contributed by atoms with Gasteiger partial charge >= 0.3 is 0 Å². The Morgan fingerprint density at radius 2 is 2.17 bits per heavy atom. The van der Waals surface area contributed by atoms with Crippen molar-refractivity contribution in [2.75, 3.05) is 18.6 Å². The summed E-state index contributed by atoms with van der Waals surface area (Å²) in [5.74, 6) is -0.0872. The van der Waals surface area contributed by atoms with Crippen LogP contribution < -0.4 is 10.5 Å². The number of nitrogen functional groups attached to an aromatic ring is 1. The van der Waals surface area contributed by atoms with Gasteiger partial charge in [-0.05, 0) is 24.6 Å². The minimum absolute atomic E-state index is 0.0872. The van der Waals surface area contributed by atoms with Gasteiger partial charge in [-0.15, -0.1) is 0 Å². The molecule has 1 atom stereocenters. The molecular weight excluding hydrogens is 276 g/mol. The van der Waals surface area contributed by atoms with E-state index >= 15 is 0 Å². The van der Waals surface area contributed by atoms with Gasteiger partial charge in [0.2, 0.25) is 10.0 Å². The molecule has 0 heterocycles. The first-order chi connectivity index (χ1) is 8.34. The lowest BCUT2D eigenvalue weighted by molar-refractivity contribution is 0.136. The van der Waals surface area contributed by atoms with Crippen molar-refractivity contribution in [1.82, 2.24) is 4.72 Å². The zero-order valence-electron chi connectivity index (χ0n) is 10.3. The molecule has 0 aromatic heterocycles. The maximum Gasteiger partial charge on any atom is 0.214 e. The van der Waals surface area contributed by atoms with Crippen LogP contribution in [0.5, 0.6) is 0 Å². The second-order valence-electron chi connectivity index (χ2n) is 4.00. The van der Waals surface area contributed by atoms with Crippen LogP contribution in [-0.4, -0.2) is 27.4 Å². The number of nitrogens with two attached hydrogens (primary N) is 1. The van der Waals surface area contributed by atoms with Crippen LogP contribution in [0.25, 0.3) is 0 Å². The highest BCUT2D eigenvalue weighted by atomic mass is 35.5. The monoisotopic (exact) mass is 292 g/mol. The molecule has 7 heteroatoms. The van der Waals surface area contributed by atoms with Gasteiger partial charge in [0.15, 0.2) is 0 Å². The van der Waals surface area contributed by atoms with Crippen molar-refractivity contribution < 1.29 is 13.2 Å². The van der Waals surface area contributed by atoms with Crippen molar-refractivity contribution in [3.05, 3.63) is 28.8 Å². The molecule has 0 bridgehead atoms. The zero-order chi connectivity index (χ0) is 13.8. The number of halogens is 1. The molecule has 0 radical (unpaired) electrons. The van der Waals surface area contributed by atoms with E-state index in [0.717, 1.165) is 0 Å². The molecule has 0 unspecified atom stereocenters. The Balaban J connectivity index is 2.64. The van der Waals surface area contributed by atoms with Gasteiger partial charge in [0, 0.05) is 24.4 Å². The largest absolute Gasteiger partial charge is 0.399 e. The highest BCUT2D eigenvalue weighted by Gasteiger charge is 2.15. The molecule has 18 heavy (non-hydrogen) atoms. The number of anilines is 1. The summed E-state index contributed by atoms with van der Waals surface area (Å²) in [6.07, 6.45) is -0.357. The van der Waals surface area contributed by atoms with Crippen LogP contribution in [0.4, 0.5) is 5.69 Å². The number of nitrogens with one attached hydrogen (secondary N) is 1. The van der Waals surface area contributed by atoms with Crippen LogP contribution in [0, 0.1) is 0 Å². The third kappa shape index (κ3) is 4.81. The molecule has 0 aliphatic heterocycles. The van der Waals surface area contributed by atoms with Gasteiger partial charge in [-0.1, -0.05) is 17.7 Å². The van der Waals surface area contributed by atoms with Crippen molar-refractivity contribution in [3.63, 3.8) is 0 Å². The smallest absolute Gasteiger partial charge is 0.214 e. The first-order valence-corrected chi connectivity index (χ1v) is 7.41. The summed E-state index contributed by atoms with van der Waals surface area (Å²) in [5, 5.41) is 0.442. The minimum atomic E-state index is -3.38. The molecule has 0 aliphatic rings. The summed E-state index contributed by atoms with van der Waals surface area (Å²) in [5.41, 5.74) is 6.78. The van der Waals surface area contributed by atoms with Gasteiger partial charge in [0.1, 0.15) is 0 Å². The van der Waals surface area contributed by atoms with E-state index < -0.39 is 10.0 Å². The van der Waals surface area contributed by atoms with Crippen molar-refractivity contribution >= 4 is 27.3 Å². The van der Waals surface area contributed by atoms with E-state index in [9.17, 15) is 8.42 Å². The molecule has 0 fully saturated rings. The van der Waals surface area contributed by atoms with Gasteiger partial charge < -0.3 is 10.5 Å². The van der Waals surface area contributed by atoms with E-state index in [2.05, 4.69) is 4.72 Å². The molecular formula is C11H17ClN2O3S. The molecule has 0 amide bonds. The fourth-order valence-corrected chi connectivity index (χ4v) is 2.83. The number of rotatable bonds is 6. The summed E-state index contributed by atoms with van der Waals surface area (Å²) in [4.78, 5) is 0. The first-order valence-electron chi connectivity index (χ1n) is 5.38. The van der Waals surface area contributed by atoms with E-state index in [1.165, 1.54) is 7.11 Å². The zero-order valence-corrected chi connectivity index (χ0v) is 11.9. The Bertz CT molecular complexity index is 505. The first kappa shape index (κ1) is 15.2. The normalized spacial score (nSPS) is 13.5. The van der Waals surface area contributed by atoms with E-state index in [1.807, 2.05) is 0 Å². The fraction of sp³-hybridized carbons (Fsp3) is 0.455. The maximum atomic E-state index is 11.7. The molecule has 102 valence electrons. The average molecular weight is 293 g/mol. The minimum Gasteiger partial charge on any atom is -0.399 e. The lowest BCUT2D eigenvalue weighted by Crippen LogP contribution is -2.31. The quantitative estimate of drug-likeness (QED) is 0.776. The summed E-state index contributed by atoms with van der Waals surface area (Å²) in [7, 11) is -1.91. The third-order valence-electron chi connectivity index (χ3n) is 2.42. The van der Waals surface area contributed by atoms with Crippen LogP contribution in [0.15, 0.2) is 18.2 Å². The van der Waals surface area contributed by atoms with Crippen LogP contribution >= 0.6 is 11.6 Å². The SMILES string of the molecule is CO[C@@H](C)CS(=O)(=O)NCc1ccc(N)cc1Cl. The molecule has 1 aromatic carbocycles. The Kier molecular flexibility index (Phi) is 5.40. The summed E-state index contributed by atoms with van der Waals surface area (Å²) < 4.78 is 30.8. The van der Waals surface area contributed by atoms with Gasteiger partial charge in [-0.3, -0.25) is 0 Å². The number of sulfonamides is 1. The summed E-state index contributed by atoms with van der Waals surface area (Å²) in [6, 6.07) is 4.95. The van der Waals surface area contributed by atoms with Crippen molar-refractivity contribution in [3.8, 4) is 0 Å². The second-order valence-corrected chi connectivity index (χ2v) is 6.26. The fourth-order valence-electron chi connectivity index (χ4n) is 1.33. The standard InChI is InChI=1S/C11H17ClN2O3S/c1-8(17-2)7-18(15,16)14-6-9-3-4-10(13)5-11(9)12/h3-5,8,14H,6-7,13H2,1-2H3/t8-/m0/s1. The van der Waals surface area contributed by atoms with E-state index in [4.69, 9.17) is 22.1 Å². The van der Waals surface area contributed by atoms with Crippen molar-refractivity contribution in [2.24, 2.45) is 0 Å². The van der Waals surface area contributed by atoms with Gasteiger partial charge in [-0.25, -0.2) is 13.1 Å². The number of hydrogen-bond donors (Lipinski definition) is 2. The molecule has 3 N–H and O–H groups in total. The van der Waals surface area contributed by atoms with E-state index in [1.54, 1.807) is 25.1 Å². The predicted octanol–water partition coefficient (Wildman–Crippen LogP) is 1.38. The van der Waals surface area contributed by atoms with Crippen LogP contribution in [0.2, 0.25) is 5.02 Å². The van der Waals surface area contributed by atoms with Gasteiger partial charge in [0.25, 0.3) is 0 Å². The maximum absolute atomic E-state index is 11.7. The molecule has 1 rings (SSSR count). The average Bonchev–Trinajstić information content (AvgIpc) is 2.27.